The van der Waals surface area contributed by atoms with Crippen LogP contribution in [0.3, 0.4) is 0 Å². The van der Waals surface area contributed by atoms with Gasteiger partial charge in [-0.15, -0.1) is 0 Å². The van der Waals surface area contributed by atoms with Gasteiger partial charge in [0.15, 0.2) is 0 Å². The van der Waals surface area contributed by atoms with Crippen molar-refractivity contribution in [2.75, 3.05) is 33.3 Å². The minimum Gasteiger partial charge on any atom is -0.495 e. The average Bonchev–Trinajstić information content (AvgIpc) is 2.90. The Bertz CT molecular complexity index is 1260. The second kappa shape index (κ2) is 11.2. The Balaban J connectivity index is 1.43. The van der Waals surface area contributed by atoms with Crippen molar-refractivity contribution < 1.29 is 19.1 Å². The third-order valence-electron chi connectivity index (χ3n) is 6.63. The first-order valence-corrected chi connectivity index (χ1v) is 12.3. The molecular weight excluding hydrogens is 456 g/mol. The number of piperazine rings is 1. The summed E-state index contributed by atoms with van der Waals surface area (Å²) in [6, 6.07) is 15.1. The molecule has 1 saturated heterocycles. The molecule has 1 aromatic heterocycles. The van der Waals surface area contributed by atoms with E-state index in [2.05, 4.69) is 11.9 Å². The van der Waals surface area contributed by atoms with Gasteiger partial charge < -0.3 is 20.3 Å². The van der Waals surface area contributed by atoms with Crippen LogP contribution in [-0.2, 0) is 17.6 Å². The molecule has 8 nitrogen and oxygen atoms in total. The Labute approximate surface area is 211 Å². The predicted molar refractivity (Wildman–Crippen MR) is 138 cm³/mol. The maximum absolute atomic E-state index is 13.1. The van der Waals surface area contributed by atoms with Crippen molar-refractivity contribution in [1.29, 1.82) is 0 Å². The van der Waals surface area contributed by atoms with E-state index >= 15 is 0 Å². The summed E-state index contributed by atoms with van der Waals surface area (Å²) in [6.07, 6.45) is 3.21. The van der Waals surface area contributed by atoms with E-state index in [0.29, 0.717) is 54.1 Å². The van der Waals surface area contributed by atoms with Crippen molar-refractivity contribution in [1.82, 2.24) is 14.8 Å². The van der Waals surface area contributed by atoms with Crippen LogP contribution in [0.5, 0.6) is 5.75 Å². The van der Waals surface area contributed by atoms with E-state index in [1.165, 1.54) is 12.7 Å². The number of hydrogen-bond donors (Lipinski definition) is 1. The molecule has 0 spiro atoms. The van der Waals surface area contributed by atoms with Crippen molar-refractivity contribution in [2.45, 2.75) is 32.6 Å². The van der Waals surface area contributed by atoms with Crippen LogP contribution < -0.4 is 10.5 Å². The van der Waals surface area contributed by atoms with Gasteiger partial charge >= 0.3 is 0 Å². The fourth-order valence-corrected chi connectivity index (χ4v) is 4.62. The third-order valence-corrected chi connectivity index (χ3v) is 6.63. The second-order valence-electron chi connectivity index (χ2n) is 9.00. The summed E-state index contributed by atoms with van der Waals surface area (Å²) in [7, 11) is 1.47. The summed E-state index contributed by atoms with van der Waals surface area (Å²) in [4.78, 5) is 46.4. The average molecular weight is 489 g/mol. The number of benzene rings is 2. The number of pyridine rings is 1. The summed E-state index contributed by atoms with van der Waals surface area (Å²) in [6.45, 7) is 3.87. The molecular formula is C28H32N4O4. The van der Waals surface area contributed by atoms with E-state index in [0.717, 1.165) is 19.3 Å². The van der Waals surface area contributed by atoms with Gasteiger partial charge in [-0.05, 0) is 42.7 Å². The lowest BCUT2D eigenvalue weighted by molar-refractivity contribution is -0.132. The normalized spacial score (nSPS) is 13.6. The number of para-hydroxylation sites is 1. The first-order chi connectivity index (χ1) is 17.4. The van der Waals surface area contributed by atoms with Crippen LogP contribution in [0.4, 0.5) is 0 Å². The molecule has 0 radical (unpaired) electrons. The number of hydrogen-bond acceptors (Lipinski definition) is 5. The Morgan fingerprint density at radius 3 is 2.28 bits per heavy atom. The highest BCUT2D eigenvalue weighted by Crippen LogP contribution is 2.31. The van der Waals surface area contributed by atoms with Crippen molar-refractivity contribution in [3.05, 3.63) is 70.9 Å². The number of nitrogens with two attached hydrogens (primary N) is 1. The number of rotatable bonds is 8. The zero-order valence-corrected chi connectivity index (χ0v) is 20.8. The van der Waals surface area contributed by atoms with Crippen LogP contribution in [0.2, 0.25) is 0 Å². The molecule has 2 aromatic carbocycles. The van der Waals surface area contributed by atoms with Gasteiger partial charge in [-0.1, -0.05) is 37.6 Å². The first-order valence-electron chi connectivity index (χ1n) is 12.3. The van der Waals surface area contributed by atoms with Gasteiger partial charge in [0.25, 0.3) is 11.8 Å². The number of aromatic nitrogens is 1. The molecule has 2 heterocycles. The summed E-state index contributed by atoms with van der Waals surface area (Å²) in [5.41, 5.74) is 8.59. The van der Waals surface area contributed by atoms with E-state index < -0.39 is 5.91 Å². The Hall–Kier alpha value is -3.94. The topological polar surface area (TPSA) is 106 Å². The van der Waals surface area contributed by atoms with E-state index in [9.17, 15) is 14.4 Å². The summed E-state index contributed by atoms with van der Waals surface area (Å²) in [5.74, 6) is -0.563. The molecule has 188 valence electrons. The standard InChI is InChI=1S/C28H32N4O4/c1-3-4-7-19-10-12-20(13-11-19)28(35)32-16-14-31(15-17-32)24(33)18-23-25(27(29)34)26(36-2)21-8-5-6-9-22(21)30-23/h5-6,8-13H,3-4,7,14-18H2,1-2H3,(H2,29,34). The SMILES string of the molecule is CCCCc1ccc(C(=O)N2CCN(C(=O)Cc3nc4ccccc4c(OC)c3C(N)=O)CC2)cc1. The summed E-state index contributed by atoms with van der Waals surface area (Å²) < 4.78 is 5.49. The highest BCUT2D eigenvalue weighted by atomic mass is 16.5. The minimum absolute atomic E-state index is 0.0268. The van der Waals surface area contributed by atoms with Crippen molar-refractivity contribution in [3.8, 4) is 5.75 Å². The van der Waals surface area contributed by atoms with Gasteiger partial charge in [0.1, 0.15) is 11.3 Å². The lowest BCUT2D eigenvalue weighted by Gasteiger charge is -2.35. The van der Waals surface area contributed by atoms with Crippen LogP contribution in [0.15, 0.2) is 48.5 Å². The van der Waals surface area contributed by atoms with Crippen LogP contribution in [0.25, 0.3) is 10.9 Å². The number of carbonyl (C=O) groups excluding carboxylic acids is 3. The fourth-order valence-electron chi connectivity index (χ4n) is 4.62. The number of methoxy groups -OCH3 is 1. The van der Waals surface area contributed by atoms with Crippen LogP contribution in [0, 0.1) is 0 Å². The number of fused-ring (bicyclic) bond motifs is 1. The molecule has 1 aliphatic heterocycles. The monoisotopic (exact) mass is 488 g/mol. The summed E-state index contributed by atoms with van der Waals surface area (Å²) in [5, 5.41) is 0.663. The maximum atomic E-state index is 13.1. The molecule has 0 bridgehead atoms. The molecule has 8 heteroatoms. The summed E-state index contributed by atoms with van der Waals surface area (Å²) >= 11 is 0. The molecule has 4 rings (SSSR count). The highest BCUT2D eigenvalue weighted by molar-refractivity contribution is 6.04. The van der Waals surface area contributed by atoms with Crippen molar-refractivity contribution in [3.63, 3.8) is 0 Å². The Kier molecular flexibility index (Phi) is 7.83. The van der Waals surface area contributed by atoms with E-state index in [1.807, 2.05) is 36.4 Å². The number of ether oxygens (including phenoxy) is 1. The minimum atomic E-state index is -0.691. The van der Waals surface area contributed by atoms with Crippen molar-refractivity contribution >= 4 is 28.6 Å². The largest absolute Gasteiger partial charge is 0.495 e. The second-order valence-corrected chi connectivity index (χ2v) is 9.00. The van der Waals surface area contributed by atoms with Crippen molar-refractivity contribution in [2.24, 2.45) is 5.73 Å². The zero-order chi connectivity index (χ0) is 25.7. The molecule has 1 fully saturated rings. The Morgan fingerprint density at radius 2 is 1.64 bits per heavy atom. The molecule has 0 atom stereocenters. The highest BCUT2D eigenvalue weighted by Gasteiger charge is 2.27. The van der Waals surface area contributed by atoms with Gasteiger partial charge in [0, 0.05) is 37.1 Å². The van der Waals surface area contributed by atoms with Gasteiger partial charge in [-0.3, -0.25) is 19.4 Å². The van der Waals surface area contributed by atoms with Crippen LogP contribution >= 0.6 is 0 Å². The lowest BCUT2D eigenvalue weighted by atomic mass is 10.0. The van der Waals surface area contributed by atoms with E-state index in [-0.39, 0.29) is 23.8 Å². The number of carbonyl (C=O) groups is 3. The first kappa shape index (κ1) is 25.2. The molecule has 2 N–H and O–H groups in total. The fraction of sp³-hybridized carbons (Fsp3) is 0.357. The molecule has 1 aliphatic rings. The maximum Gasteiger partial charge on any atom is 0.254 e. The van der Waals surface area contributed by atoms with Gasteiger partial charge in [-0.2, -0.15) is 0 Å². The molecule has 36 heavy (non-hydrogen) atoms. The van der Waals surface area contributed by atoms with Gasteiger partial charge in [0.05, 0.1) is 24.7 Å². The number of amides is 3. The van der Waals surface area contributed by atoms with Crippen LogP contribution in [0.1, 0.15) is 51.7 Å². The Morgan fingerprint density at radius 1 is 0.972 bits per heavy atom. The molecule has 0 unspecified atom stereocenters. The quantitative estimate of drug-likeness (QED) is 0.524. The predicted octanol–water partition coefficient (Wildman–Crippen LogP) is 3.21. The third kappa shape index (κ3) is 5.32. The molecule has 3 amide bonds. The van der Waals surface area contributed by atoms with Crippen LogP contribution in [-0.4, -0.2) is 65.8 Å². The smallest absolute Gasteiger partial charge is 0.254 e. The number of aryl methyl sites for hydroxylation is 1. The van der Waals surface area contributed by atoms with E-state index in [1.54, 1.807) is 21.9 Å². The number of nitrogens with zero attached hydrogens (tertiary/aromatic N) is 3. The number of primary amides is 1. The van der Waals surface area contributed by atoms with Gasteiger partial charge in [0.2, 0.25) is 5.91 Å². The lowest BCUT2D eigenvalue weighted by Crippen LogP contribution is -2.51. The van der Waals surface area contributed by atoms with Gasteiger partial charge in [-0.25, -0.2) is 0 Å². The number of unbranched alkanes of at least 4 members (excludes halogenated alkanes) is 1. The zero-order valence-electron chi connectivity index (χ0n) is 20.8. The molecule has 0 saturated carbocycles. The molecule has 0 aliphatic carbocycles. The van der Waals surface area contributed by atoms with E-state index in [4.69, 9.17) is 10.5 Å². The molecule has 3 aromatic rings.